The molecule has 2 aliphatic rings. The highest BCUT2D eigenvalue weighted by atomic mass is 16.3. The van der Waals surface area contributed by atoms with Crippen LogP contribution in [0.3, 0.4) is 0 Å². The number of hydrogen-bond acceptors (Lipinski definition) is 2. The van der Waals surface area contributed by atoms with Crippen LogP contribution in [0, 0.1) is 11.8 Å². The lowest BCUT2D eigenvalue weighted by Gasteiger charge is -2.27. The molecule has 2 heteroatoms. The first-order valence-corrected chi connectivity index (χ1v) is 10.2. The molecule has 148 valence electrons. The Bertz CT molecular complexity index is 470. The maximum absolute atomic E-state index is 9.50. The van der Waals surface area contributed by atoms with Crippen LogP contribution in [0.1, 0.15) is 79.1 Å². The summed E-state index contributed by atoms with van der Waals surface area (Å²) in [4.78, 5) is 0. The van der Waals surface area contributed by atoms with Crippen LogP contribution < -0.4 is 0 Å². The molecule has 0 aromatic rings. The minimum Gasteiger partial charge on any atom is -0.393 e. The number of rotatable bonds is 4. The van der Waals surface area contributed by atoms with Crippen molar-refractivity contribution in [2.45, 2.75) is 91.3 Å². The quantitative estimate of drug-likeness (QED) is 0.593. The Kier molecular flexibility index (Phi) is 10.2. The first-order chi connectivity index (χ1) is 12.2. The topological polar surface area (TPSA) is 40.5 Å². The van der Waals surface area contributed by atoms with Crippen LogP contribution in [0.25, 0.3) is 0 Å². The Hall–Kier alpha value is -1.12. The fraction of sp³-hybridized carbons (Fsp3) is 0.667. The molecule has 0 aromatic carbocycles. The molecule has 0 spiro atoms. The Morgan fingerprint density at radius 3 is 1.46 bits per heavy atom. The molecule has 0 aromatic heterocycles. The van der Waals surface area contributed by atoms with Crippen molar-refractivity contribution in [2.24, 2.45) is 11.8 Å². The van der Waals surface area contributed by atoms with Gasteiger partial charge in [-0.05, 0) is 90.9 Å². The molecule has 0 saturated heterocycles. The van der Waals surface area contributed by atoms with Gasteiger partial charge in [-0.2, -0.15) is 0 Å². The van der Waals surface area contributed by atoms with Crippen LogP contribution in [0.5, 0.6) is 0 Å². The normalized spacial score (nSPS) is 28.7. The summed E-state index contributed by atoms with van der Waals surface area (Å²) in [5.74, 6) is 1.03. The molecule has 0 radical (unpaired) electrons. The number of hydrogen-bond donors (Lipinski definition) is 2. The second kappa shape index (κ2) is 11.6. The minimum absolute atomic E-state index is 0.0962. The van der Waals surface area contributed by atoms with Crippen molar-refractivity contribution in [1.29, 1.82) is 0 Å². The van der Waals surface area contributed by atoms with Crippen molar-refractivity contribution in [2.75, 3.05) is 0 Å². The van der Waals surface area contributed by atoms with Crippen molar-refractivity contribution >= 4 is 0 Å². The fourth-order valence-electron chi connectivity index (χ4n) is 3.62. The fourth-order valence-corrected chi connectivity index (χ4v) is 3.62. The molecular formula is C24H40O2. The number of aliphatic hydroxyl groups is 2. The molecule has 26 heavy (non-hydrogen) atoms. The standard InChI is InChI=1S/2C12H20O/c2*1-9(2)4-6-11-8-12(13)7-5-10(11)3/h2*4,11-13H,3,5-8H2,1-2H3. The summed E-state index contributed by atoms with van der Waals surface area (Å²) >= 11 is 0. The van der Waals surface area contributed by atoms with Crippen molar-refractivity contribution in [3.63, 3.8) is 0 Å². The van der Waals surface area contributed by atoms with E-state index in [4.69, 9.17) is 0 Å². The molecule has 0 bridgehead atoms. The first kappa shape index (κ1) is 22.9. The van der Waals surface area contributed by atoms with Gasteiger partial charge >= 0.3 is 0 Å². The molecule has 2 nitrogen and oxygen atoms in total. The molecular weight excluding hydrogens is 320 g/mol. The van der Waals surface area contributed by atoms with Crippen LogP contribution in [-0.4, -0.2) is 22.4 Å². The molecule has 4 unspecified atom stereocenters. The Morgan fingerprint density at radius 2 is 1.15 bits per heavy atom. The van der Waals surface area contributed by atoms with Crippen LogP contribution in [0.15, 0.2) is 47.6 Å². The predicted molar refractivity (Wildman–Crippen MR) is 113 cm³/mol. The van der Waals surface area contributed by atoms with Crippen LogP contribution in [0.2, 0.25) is 0 Å². The van der Waals surface area contributed by atoms with Gasteiger partial charge in [-0.15, -0.1) is 0 Å². The average Bonchev–Trinajstić information content (AvgIpc) is 2.57. The van der Waals surface area contributed by atoms with E-state index in [1.54, 1.807) is 0 Å². The van der Waals surface area contributed by atoms with Gasteiger partial charge < -0.3 is 10.2 Å². The van der Waals surface area contributed by atoms with Gasteiger partial charge in [-0.3, -0.25) is 0 Å². The lowest BCUT2D eigenvalue weighted by molar-refractivity contribution is 0.122. The third-order valence-electron chi connectivity index (χ3n) is 5.49. The van der Waals surface area contributed by atoms with Crippen LogP contribution >= 0.6 is 0 Å². The molecule has 2 saturated carbocycles. The Balaban J connectivity index is 0.000000260. The molecule has 0 heterocycles. The van der Waals surface area contributed by atoms with Crippen LogP contribution in [0.4, 0.5) is 0 Å². The van der Waals surface area contributed by atoms with E-state index >= 15 is 0 Å². The monoisotopic (exact) mass is 360 g/mol. The van der Waals surface area contributed by atoms with Gasteiger partial charge in [0.1, 0.15) is 0 Å². The highest BCUT2D eigenvalue weighted by Crippen LogP contribution is 2.32. The summed E-state index contributed by atoms with van der Waals surface area (Å²) in [5, 5.41) is 19.0. The van der Waals surface area contributed by atoms with Gasteiger partial charge in [0, 0.05) is 0 Å². The van der Waals surface area contributed by atoms with E-state index in [9.17, 15) is 10.2 Å². The van der Waals surface area contributed by atoms with E-state index in [1.807, 2.05) is 0 Å². The Labute approximate surface area is 161 Å². The van der Waals surface area contributed by atoms with E-state index in [2.05, 4.69) is 53.0 Å². The second-order valence-corrected chi connectivity index (χ2v) is 8.60. The Morgan fingerprint density at radius 1 is 0.808 bits per heavy atom. The van der Waals surface area contributed by atoms with Gasteiger partial charge in [0.15, 0.2) is 0 Å². The largest absolute Gasteiger partial charge is 0.393 e. The minimum atomic E-state index is -0.0962. The van der Waals surface area contributed by atoms with Crippen molar-refractivity contribution in [3.05, 3.63) is 47.6 Å². The molecule has 2 aliphatic carbocycles. The van der Waals surface area contributed by atoms with E-state index in [0.29, 0.717) is 11.8 Å². The lowest BCUT2D eigenvalue weighted by atomic mass is 9.81. The van der Waals surface area contributed by atoms with Crippen molar-refractivity contribution < 1.29 is 10.2 Å². The van der Waals surface area contributed by atoms with Gasteiger partial charge in [0.05, 0.1) is 12.2 Å². The number of aliphatic hydroxyl groups excluding tert-OH is 2. The zero-order valence-electron chi connectivity index (χ0n) is 17.4. The lowest BCUT2D eigenvalue weighted by Crippen LogP contribution is -2.20. The number of allylic oxidation sites excluding steroid dienone is 6. The maximum atomic E-state index is 9.50. The predicted octanol–water partition coefficient (Wildman–Crippen LogP) is 6.12. The van der Waals surface area contributed by atoms with E-state index in [1.165, 1.54) is 22.3 Å². The maximum Gasteiger partial charge on any atom is 0.0549 e. The third-order valence-corrected chi connectivity index (χ3v) is 5.49. The molecule has 2 fully saturated rings. The van der Waals surface area contributed by atoms with Crippen molar-refractivity contribution in [3.8, 4) is 0 Å². The van der Waals surface area contributed by atoms with E-state index < -0.39 is 0 Å². The van der Waals surface area contributed by atoms with Gasteiger partial charge in [-0.1, -0.05) is 47.6 Å². The third kappa shape index (κ3) is 9.00. The average molecular weight is 361 g/mol. The van der Waals surface area contributed by atoms with Crippen molar-refractivity contribution in [1.82, 2.24) is 0 Å². The molecule has 2 N–H and O–H groups in total. The SMILES string of the molecule is C=C1CCC(O)CC1CC=C(C)C.C=C1CCC(O)CC1CC=C(C)C. The van der Waals surface area contributed by atoms with E-state index in [0.717, 1.165) is 51.4 Å². The summed E-state index contributed by atoms with van der Waals surface area (Å²) < 4.78 is 0. The first-order valence-electron chi connectivity index (χ1n) is 10.2. The molecule has 0 amide bonds. The summed E-state index contributed by atoms with van der Waals surface area (Å²) in [7, 11) is 0. The van der Waals surface area contributed by atoms with Gasteiger partial charge in [0.25, 0.3) is 0 Å². The summed E-state index contributed by atoms with van der Waals surface area (Å²) in [6.07, 6.45) is 12.0. The van der Waals surface area contributed by atoms with E-state index in [-0.39, 0.29) is 12.2 Å². The zero-order chi connectivity index (χ0) is 19.7. The second-order valence-electron chi connectivity index (χ2n) is 8.60. The molecule has 0 aliphatic heterocycles. The highest BCUT2D eigenvalue weighted by molar-refractivity contribution is 5.09. The zero-order valence-corrected chi connectivity index (χ0v) is 17.4. The summed E-state index contributed by atoms with van der Waals surface area (Å²) in [6, 6.07) is 0. The van der Waals surface area contributed by atoms with Gasteiger partial charge in [-0.25, -0.2) is 0 Å². The highest BCUT2D eigenvalue weighted by Gasteiger charge is 2.22. The van der Waals surface area contributed by atoms with Gasteiger partial charge in [0.2, 0.25) is 0 Å². The van der Waals surface area contributed by atoms with Crippen LogP contribution in [-0.2, 0) is 0 Å². The summed E-state index contributed by atoms with van der Waals surface area (Å²) in [5.41, 5.74) is 5.35. The smallest absolute Gasteiger partial charge is 0.0549 e. The molecule has 2 rings (SSSR count). The summed E-state index contributed by atoms with van der Waals surface area (Å²) in [6.45, 7) is 16.6. The molecule has 4 atom stereocenters.